The first-order chi connectivity index (χ1) is 27.9. The summed E-state index contributed by atoms with van der Waals surface area (Å²) < 4.78 is 2.36. The second-order valence-electron chi connectivity index (χ2n) is 15.0. The van der Waals surface area contributed by atoms with Crippen molar-refractivity contribution >= 4 is 80.0 Å². The molecule has 1 aliphatic rings. The van der Waals surface area contributed by atoms with Crippen LogP contribution < -0.4 is 10.2 Å². The second-order valence-corrected chi connectivity index (χ2v) is 17.1. The summed E-state index contributed by atoms with van der Waals surface area (Å²) in [5.74, 6) is -2.66. The molecule has 1 aliphatic carbocycles. The highest BCUT2D eigenvalue weighted by atomic mass is 32.1. The molecule has 0 bridgehead atoms. The van der Waals surface area contributed by atoms with Crippen molar-refractivity contribution in [3.05, 3.63) is 106 Å². The first kappa shape index (κ1) is 40.2. The summed E-state index contributed by atoms with van der Waals surface area (Å²) in [6, 6.07) is 27.8. The van der Waals surface area contributed by atoms with Crippen LogP contribution in [0.15, 0.2) is 84.4 Å². The molecule has 3 aromatic carbocycles. The molecule has 0 atom stereocenters. The average Bonchev–Trinajstić information content (AvgIpc) is 3.97. The quantitative estimate of drug-likeness (QED) is 0.0500. The summed E-state index contributed by atoms with van der Waals surface area (Å²) in [4.78, 5) is 54.8. The van der Waals surface area contributed by atoms with Crippen LogP contribution in [-0.4, -0.2) is 51.6 Å². The predicted molar refractivity (Wildman–Crippen MR) is 232 cm³/mol. The van der Waals surface area contributed by atoms with Crippen molar-refractivity contribution in [2.24, 2.45) is 0 Å². The minimum Gasteiger partial charge on any atom is -0.481 e. The van der Waals surface area contributed by atoms with Crippen LogP contribution in [0.3, 0.4) is 0 Å². The SMILES string of the molecule is CCn1c2ccccc2c2cc(-c3cc4c(s3)-c3sc(/C=C(\C#N)C(=O)NCCCC(=O)N(CCCCCC(=O)O)c5ccc(C(=O)O)cc5)cc3C4(C)C)ccc21. The van der Waals surface area contributed by atoms with Crippen molar-refractivity contribution in [1.29, 1.82) is 5.26 Å². The van der Waals surface area contributed by atoms with Crippen LogP contribution in [0.25, 0.3) is 48.1 Å². The molecule has 10 nitrogen and oxygen atoms in total. The number of nitrogens with one attached hydrogen (secondary N) is 1. The molecule has 0 saturated heterocycles. The van der Waals surface area contributed by atoms with Crippen LogP contribution in [0.2, 0.25) is 0 Å². The Kier molecular flexibility index (Phi) is 11.7. The molecule has 0 unspecified atom stereocenters. The molecule has 296 valence electrons. The number of fused-ring (bicyclic) bond motifs is 6. The molecule has 58 heavy (non-hydrogen) atoms. The Bertz CT molecular complexity index is 2640. The minimum absolute atomic E-state index is 0.0165. The van der Waals surface area contributed by atoms with Gasteiger partial charge in [-0.2, -0.15) is 5.26 Å². The molecule has 7 rings (SSSR count). The number of aliphatic carboxylic acids is 1. The number of benzene rings is 3. The van der Waals surface area contributed by atoms with Gasteiger partial charge in [-0.05, 0) is 104 Å². The summed E-state index contributed by atoms with van der Waals surface area (Å²) in [6.07, 6.45) is 3.80. The van der Waals surface area contributed by atoms with Crippen LogP contribution in [-0.2, 0) is 26.3 Å². The van der Waals surface area contributed by atoms with Crippen LogP contribution in [0.4, 0.5) is 5.69 Å². The van der Waals surface area contributed by atoms with Crippen molar-refractivity contribution in [3.63, 3.8) is 0 Å². The molecule has 12 heteroatoms. The van der Waals surface area contributed by atoms with E-state index in [1.807, 2.05) is 0 Å². The minimum atomic E-state index is -1.07. The normalized spacial score (nSPS) is 13.0. The fourth-order valence-corrected chi connectivity index (χ4v) is 10.6. The monoisotopic (exact) mass is 812 g/mol. The number of aryl methyl sites for hydroxylation is 1. The van der Waals surface area contributed by atoms with E-state index in [0.29, 0.717) is 37.9 Å². The van der Waals surface area contributed by atoms with Crippen molar-refractivity contribution in [3.8, 4) is 26.3 Å². The van der Waals surface area contributed by atoms with Gasteiger partial charge in [-0.15, -0.1) is 22.7 Å². The van der Waals surface area contributed by atoms with Gasteiger partial charge in [0.05, 0.1) is 5.56 Å². The Balaban J connectivity index is 1.01. The number of carboxylic acid groups (broad SMARTS) is 2. The summed E-state index contributed by atoms with van der Waals surface area (Å²) in [5.41, 5.74) is 6.48. The van der Waals surface area contributed by atoms with Crippen LogP contribution >= 0.6 is 22.7 Å². The van der Waals surface area contributed by atoms with Crippen molar-refractivity contribution in [1.82, 2.24) is 9.88 Å². The largest absolute Gasteiger partial charge is 0.481 e. The molecule has 0 aliphatic heterocycles. The van der Waals surface area contributed by atoms with Gasteiger partial charge in [-0.1, -0.05) is 44.5 Å². The standard InChI is InChI=1S/C46H44N4O6S2/c1-4-49-37-12-8-7-11-33(37)34-24-29(17-20-38(34)49)39-26-36-43(58-39)42-35(46(36,2)3)25-32(57-42)23-30(27-47)44(54)48-21-10-13-40(51)50(22-9-5-6-14-41(52)53)31-18-15-28(16-19-31)45(55)56/h7-8,11-12,15-20,23-26H,4-6,9-10,13-14,21-22H2,1-3H3,(H,48,54)(H,52,53)(H,55,56)/b30-23+. The Morgan fingerprint density at radius 2 is 1.57 bits per heavy atom. The Morgan fingerprint density at radius 3 is 2.29 bits per heavy atom. The highest BCUT2D eigenvalue weighted by Gasteiger charge is 2.39. The molecule has 0 saturated carbocycles. The van der Waals surface area contributed by atoms with Gasteiger partial charge in [0.25, 0.3) is 5.91 Å². The summed E-state index contributed by atoms with van der Waals surface area (Å²) >= 11 is 3.36. The molecular formula is C46H44N4O6S2. The number of nitriles is 1. The molecule has 6 aromatic rings. The van der Waals surface area contributed by atoms with E-state index in [2.05, 4.69) is 91.3 Å². The zero-order chi connectivity index (χ0) is 41.1. The van der Waals surface area contributed by atoms with Gasteiger partial charge in [0.15, 0.2) is 0 Å². The van der Waals surface area contributed by atoms with E-state index in [4.69, 9.17) is 5.11 Å². The lowest BCUT2D eigenvalue weighted by molar-refractivity contribution is -0.137. The predicted octanol–water partition coefficient (Wildman–Crippen LogP) is 10.1. The number of amides is 2. The van der Waals surface area contributed by atoms with Gasteiger partial charge in [-0.25, -0.2) is 4.79 Å². The van der Waals surface area contributed by atoms with E-state index >= 15 is 0 Å². The zero-order valence-electron chi connectivity index (χ0n) is 32.6. The summed E-state index contributed by atoms with van der Waals surface area (Å²) in [5, 5.41) is 33.5. The lowest BCUT2D eigenvalue weighted by Crippen LogP contribution is -2.33. The zero-order valence-corrected chi connectivity index (χ0v) is 34.3. The lowest BCUT2D eigenvalue weighted by atomic mass is 9.83. The highest BCUT2D eigenvalue weighted by Crippen LogP contribution is 2.57. The van der Waals surface area contributed by atoms with E-state index in [1.54, 1.807) is 45.8 Å². The number of carbonyl (C=O) groups is 4. The number of aromatic nitrogens is 1. The van der Waals surface area contributed by atoms with Gasteiger partial charge < -0.3 is 25.0 Å². The number of rotatable bonds is 16. The van der Waals surface area contributed by atoms with Crippen molar-refractivity contribution in [2.75, 3.05) is 18.0 Å². The molecule has 3 heterocycles. The van der Waals surface area contributed by atoms with Crippen LogP contribution in [0, 0.1) is 11.3 Å². The average molecular weight is 813 g/mol. The van der Waals surface area contributed by atoms with E-state index in [-0.39, 0.29) is 41.8 Å². The third-order valence-corrected chi connectivity index (χ3v) is 13.3. The summed E-state index contributed by atoms with van der Waals surface area (Å²) in [6.45, 7) is 8.03. The fraction of sp³-hybridized carbons (Fsp3) is 0.283. The van der Waals surface area contributed by atoms with E-state index < -0.39 is 17.8 Å². The van der Waals surface area contributed by atoms with E-state index in [9.17, 15) is 29.5 Å². The number of aromatic carboxylic acids is 1. The number of carbonyl (C=O) groups excluding carboxylic acids is 2. The highest BCUT2D eigenvalue weighted by molar-refractivity contribution is 7.24. The number of carboxylic acids is 2. The van der Waals surface area contributed by atoms with Gasteiger partial charge in [-0.3, -0.25) is 14.4 Å². The summed E-state index contributed by atoms with van der Waals surface area (Å²) in [7, 11) is 0. The van der Waals surface area contributed by atoms with E-state index in [0.717, 1.165) is 16.3 Å². The van der Waals surface area contributed by atoms with Gasteiger partial charge in [0, 0.05) is 84.9 Å². The van der Waals surface area contributed by atoms with Crippen molar-refractivity contribution < 1.29 is 29.4 Å². The third kappa shape index (κ3) is 7.92. The fourth-order valence-electron chi connectivity index (χ4n) is 7.84. The van der Waals surface area contributed by atoms with Gasteiger partial charge in [0.2, 0.25) is 5.91 Å². The third-order valence-electron chi connectivity index (χ3n) is 10.9. The molecule has 0 radical (unpaired) electrons. The Labute approximate surface area is 344 Å². The number of hydrogen-bond acceptors (Lipinski definition) is 7. The number of anilines is 1. The molecule has 0 fully saturated rings. The first-order valence-corrected chi connectivity index (χ1v) is 21.1. The number of thiophene rings is 2. The van der Waals surface area contributed by atoms with Gasteiger partial charge >= 0.3 is 11.9 Å². The van der Waals surface area contributed by atoms with Crippen LogP contribution in [0.5, 0.6) is 0 Å². The maximum absolute atomic E-state index is 13.4. The topological polar surface area (TPSA) is 153 Å². The molecule has 3 aromatic heterocycles. The number of nitrogens with zero attached hydrogens (tertiary/aromatic N) is 3. The number of para-hydroxylation sites is 1. The molecular weight excluding hydrogens is 769 g/mol. The second kappa shape index (κ2) is 16.8. The molecule has 0 spiro atoms. The maximum atomic E-state index is 13.4. The van der Waals surface area contributed by atoms with E-state index in [1.165, 1.54) is 60.4 Å². The van der Waals surface area contributed by atoms with Crippen LogP contribution in [0.1, 0.15) is 85.7 Å². The number of unbranched alkanes of at least 4 members (excludes halogenated alkanes) is 2. The number of hydrogen-bond donors (Lipinski definition) is 3. The molecule has 2 amide bonds. The Morgan fingerprint density at radius 1 is 0.845 bits per heavy atom. The smallest absolute Gasteiger partial charge is 0.335 e. The maximum Gasteiger partial charge on any atom is 0.335 e. The first-order valence-electron chi connectivity index (χ1n) is 19.5. The van der Waals surface area contributed by atoms with Gasteiger partial charge in [0.1, 0.15) is 11.6 Å². The lowest BCUT2D eigenvalue weighted by Gasteiger charge is -2.23. The van der Waals surface area contributed by atoms with Crippen molar-refractivity contribution in [2.45, 2.75) is 71.3 Å². The molecule has 3 N–H and O–H groups in total. The Hall–Kier alpha value is -6.03.